The van der Waals surface area contributed by atoms with Gasteiger partial charge in [-0.3, -0.25) is 29.9 Å². The molecule has 2 saturated heterocycles. The van der Waals surface area contributed by atoms with Crippen LogP contribution in [-0.4, -0.2) is 46.8 Å². The second-order valence-electron chi connectivity index (χ2n) is 7.39. The molecule has 3 aliphatic rings. The van der Waals surface area contributed by atoms with Crippen LogP contribution >= 0.6 is 0 Å². The lowest BCUT2D eigenvalue weighted by Crippen LogP contribution is -2.72. The fraction of sp³-hybridized carbons (Fsp3) is 0.421. The van der Waals surface area contributed by atoms with E-state index < -0.39 is 34.2 Å². The smallest absolute Gasteiger partial charge is 0.331 e. The standard InChI is InChI=1S/C19H20N4O5/c1-2-8-22-17(25)19(16(24)20-18(22)26)11-12-10-13(23(27)28)6-7-14(12)21-9-4-3-5-15(19)21/h2,6-7,10,15H,1,3-5,8-9,11H2,(H,20,24,26)/t15-,19+/m1/s1. The first-order chi connectivity index (χ1) is 13.4. The molecule has 1 aromatic carbocycles. The summed E-state index contributed by atoms with van der Waals surface area (Å²) in [6.45, 7) is 4.22. The van der Waals surface area contributed by atoms with Gasteiger partial charge >= 0.3 is 6.03 Å². The number of rotatable bonds is 3. The number of fused-ring (bicyclic) bond motifs is 4. The highest BCUT2D eigenvalue weighted by molar-refractivity contribution is 6.20. The number of hydrogen-bond donors (Lipinski definition) is 1. The maximum atomic E-state index is 13.4. The number of nitro benzene ring substituents is 1. The predicted molar refractivity (Wildman–Crippen MR) is 99.7 cm³/mol. The van der Waals surface area contributed by atoms with Crippen molar-refractivity contribution < 1.29 is 19.3 Å². The first-order valence-corrected chi connectivity index (χ1v) is 9.22. The fourth-order valence-electron chi connectivity index (χ4n) is 4.71. The molecule has 28 heavy (non-hydrogen) atoms. The molecule has 0 radical (unpaired) electrons. The number of amides is 4. The van der Waals surface area contributed by atoms with Crippen LogP contribution < -0.4 is 10.2 Å². The summed E-state index contributed by atoms with van der Waals surface area (Å²) in [5.41, 5.74) is -0.191. The maximum Gasteiger partial charge on any atom is 0.331 e. The Kier molecular flexibility index (Phi) is 4.17. The van der Waals surface area contributed by atoms with Crippen LogP contribution in [0.1, 0.15) is 24.8 Å². The summed E-state index contributed by atoms with van der Waals surface area (Å²) in [6.07, 6.45) is 3.85. The summed E-state index contributed by atoms with van der Waals surface area (Å²) < 4.78 is 0. The molecule has 0 aliphatic carbocycles. The van der Waals surface area contributed by atoms with Gasteiger partial charge in [-0.25, -0.2) is 4.79 Å². The molecule has 9 nitrogen and oxygen atoms in total. The molecule has 9 heteroatoms. The number of non-ortho nitro benzene ring substituents is 1. The molecule has 3 aliphatic heterocycles. The van der Waals surface area contributed by atoms with Gasteiger partial charge < -0.3 is 4.90 Å². The lowest BCUT2D eigenvalue weighted by Gasteiger charge is -2.53. The second kappa shape index (κ2) is 6.43. The number of benzene rings is 1. The fourth-order valence-corrected chi connectivity index (χ4v) is 4.71. The van der Waals surface area contributed by atoms with Crippen LogP contribution in [0.3, 0.4) is 0 Å². The van der Waals surface area contributed by atoms with Crippen LogP contribution in [0.2, 0.25) is 0 Å². The number of nitrogens with one attached hydrogen (secondary N) is 1. The average Bonchev–Trinajstić information content (AvgIpc) is 2.69. The van der Waals surface area contributed by atoms with E-state index in [2.05, 4.69) is 11.9 Å². The van der Waals surface area contributed by atoms with Gasteiger partial charge in [0.1, 0.15) is 0 Å². The Bertz CT molecular complexity index is 914. The minimum absolute atomic E-state index is 0.00574. The van der Waals surface area contributed by atoms with E-state index >= 15 is 0 Å². The molecule has 4 amide bonds. The Morgan fingerprint density at radius 1 is 1.32 bits per heavy atom. The van der Waals surface area contributed by atoms with Crippen LogP contribution in [-0.2, 0) is 16.0 Å². The third-order valence-electron chi connectivity index (χ3n) is 5.93. The highest BCUT2D eigenvalue weighted by Gasteiger charge is 2.62. The van der Waals surface area contributed by atoms with Crippen molar-refractivity contribution in [3.63, 3.8) is 0 Å². The third kappa shape index (κ3) is 2.42. The zero-order valence-electron chi connectivity index (χ0n) is 15.2. The van der Waals surface area contributed by atoms with Crippen molar-refractivity contribution in [1.82, 2.24) is 10.2 Å². The van der Waals surface area contributed by atoms with Gasteiger partial charge in [-0.1, -0.05) is 6.08 Å². The number of carbonyl (C=O) groups is 3. The van der Waals surface area contributed by atoms with Crippen LogP contribution in [0.5, 0.6) is 0 Å². The van der Waals surface area contributed by atoms with Crippen molar-refractivity contribution in [2.75, 3.05) is 18.0 Å². The first-order valence-electron chi connectivity index (χ1n) is 9.22. The lowest BCUT2D eigenvalue weighted by atomic mass is 9.66. The van der Waals surface area contributed by atoms with E-state index in [1.807, 2.05) is 4.90 Å². The Hall–Kier alpha value is -3.23. The molecule has 0 aromatic heterocycles. The molecule has 1 aromatic rings. The molecule has 1 spiro atoms. The molecule has 2 atom stereocenters. The van der Waals surface area contributed by atoms with Gasteiger partial charge in [0.25, 0.3) is 5.69 Å². The van der Waals surface area contributed by atoms with Gasteiger partial charge in [0.15, 0.2) is 5.41 Å². The van der Waals surface area contributed by atoms with Gasteiger partial charge in [0.2, 0.25) is 11.8 Å². The first kappa shape index (κ1) is 18.1. The predicted octanol–water partition coefficient (Wildman–Crippen LogP) is 1.76. The molecule has 0 saturated carbocycles. The normalized spacial score (nSPS) is 26.6. The van der Waals surface area contributed by atoms with E-state index in [1.165, 1.54) is 18.2 Å². The number of nitrogens with zero attached hydrogens (tertiary/aromatic N) is 3. The number of piperidine rings is 1. The summed E-state index contributed by atoms with van der Waals surface area (Å²) in [5, 5.41) is 13.6. The SMILES string of the molecule is C=CCN1C(=O)NC(=O)[C@@]2(Cc3cc([N+](=O)[O-])ccc3N3CCCC[C@@H]32)C1=O. The number of nitro groups is 1. The van der Waals surface area contributed by atoms with Crippen molar-refractivity contribution in [3.05, 3.63) is 46.5 Å². The minimum Gasteiger partial charge on any atom is -0.367 e. The van der Waals surface area contributed by atoms with Gasteiger partial charge in [-0.05, 0) is 30.9 Å². The summed E-state index contributed by atoms with van der Waals surface area (Å²) in [4.78, 5) is 52.4. The van der Waals surface area contributed by atoms with E-state index in [0.717, 1.165) is 23.4 Å². The van der Waals surface area contributed by atoms with Gasteiger partial charge in [-0.2, -0.15) is 0 Å². The number of barbiturate groups is 1. The average molecular weight is 384 g/mol. The number of anilines is 1. The summed E-state index contributed by atoms with van der Waals surface area (Å²) >= 11 is 0. The van der Waals surface area contributed by atoms with E-state index in [-0.39, 0.29) is 18.7 Å². The maximum absolute atomic E-state index is 13.4. The Morgan fingerprint density at radius 2 is 2.11 bits per heavy atom. The van der Waals surface area contributed by atoms with Gasteiger partial charge in [-0.15, -0.1) is 6.58 Å². The second-order valence-corrected chi connectivity index (χ2v) is 7.39. The molecule has 1 N–H and O–H groups in total. The van der Waals surface area contributed by atoms with E-state index in [4.69, 9.17) is 0 Å². The van der Waals surface area contributed by atoms with Gasteiger partial charge in [0.05, 0.1) is 11.0 Å². The lowest BCUT2D eigenvalue weighted by molar-refractivity contribution is -0.384. The molecule has 0 bridgehead atoms. The number of carbonyl (C=O) groups excluding carboxylic acids is 3. The van der Waals surface area contributed by atoms with Crippen molar-refractivity contribution >= 4 is 29.2 Å². The zero-order chi connectivity index (χ0) is 20.1. The van der Waals surface area contributed by atoms with Gasteiger partial charge in [0, 0.05) is 37.3 Å². The highest BCUT2D eigenvalue weighted by Crippen LogP contribution is 2.48. The quantitative estimate of drug-likeness (QED) is 0.368. The molecule has 4 rings (SSSR count). The van der Waals surface area contributed by atoms with Crippen molar-refractivity contribution in [1.29, 1.82) is 0 Å². The molecular weight excluding hydrogens is 364 g/mol. The minimum atomic E-state index is -1.49. The van der Waals surface area contributed by atoms with E-state index in [1.54, 1.807) is 6.07 Å². The Labute approximate surface area is 161 Å². The monoisotopic (exact) mass is 384 g/mol. The topological polar surface area (TPSA) is 113 Å². The van der Waals surface area contributed by atoms with Crippen LogP contribution in [0.15, 0.2) is 30.9 Å². The van der Waals surface area contributed by atoms with E-state index in [9.17, 15) is 24.5 Å². The van der Waals surface area contributed by atoms with Crippen molar-refractivity contribution in [2.45, 2.75) is 31.7 Å². The number of imide groups is 2. The zero-order valence-corrected chi connectivity index (χ0v) is 15.2. The molecule has 3 heterocycles. The Balaban J connectivity index is 1.88. The molecule has 146 valence electrons. The molecule has 2 fully saturated rings. The molecular formula is C19H20N4O5. The number of hydrogen-bond acceptors (Lipinski definition) is 6. The van der Waals surface area contributed by atoms with Crippen LogP contribution in [0.25, 0.3) is 0 Å². The Morgan fingerprint density at radius 3 is 2.82 bits per heavy atom. The summed E-state index contributed by atoms with van der Waals surface area (Å²) in [6, 6.07) is 3.40. The third-order valence-corrected chi connectivity index (χ3v) is 5.93. The van der Waals surface area contributed by atoms with E-state index in [0.29, 0.717) is 18.5 Å². The van der Waals surface area contributed by atoms with Crippen LogP contribution in [0, 0.1) is 15.5 Å². The molecule has 0 unspecified atom stereocenters. The highest BCUT2D eigenvalue weighted by atomic mass is 16.6. The van der Waals surface area contributed by atoms with Crippen LogP contribution in [0.4, 0.5) is 16.2 Å². The van der Waals surface area contributed by atoms with Crippen molar-refractivity contribution in [2.24, 2.45) is 5.41 Å². The summed E-state index contributed by atoms with van der Waals surface area (Å²) in [7, 11) is 0. The van der Waals surface area contributed by atoms with Crippen molar-refractivity contribution in [3.8, 4) is 0 Å². The summed E-state index contributed by atoms with van der Waals surface area (Å²) in [5.74, 6) is -1.19. The number of urea groups is 1. The largest absolute Gasteiger partial charge is 0.367 e.